The molecule has 0 aliphatic carbocycles. The molecular weight excluding hydrogens is 264 g/mol. The van der Waals surface area contributed by atoms with E-state index in [1.807, 2.05) is 0 Å². The Morgan fingerprint density at radius 3 is 2.71 bits per heavy atom. The largest absolute Gasteiger partial charge is 0.396 e. The van der Waals surface area contributed by atoms with Crippen LogP contribution in [0.2, 0.25) is 5.15 Å². The SMILES string of the molecule is CC(C)(CO)CNS(=O)(=O)c1cccnc1Cl. The topological polar surface area (TPSA) is 79.3 Å². The molecule has 1 aromatic heterocycles. The van der Waals surface area contributed by atoms with Crippen LogP contribution < -0.4 is 4.72 Å². The maximum Gasteiger partial charge on any atom is 0.243 e. The van der Waals surface area contributed by atoms with Crippen molar-refractivity contribution in [2.75, 3.05) is 13.2 Å². The lowest BCUT2D eigenvalue weighted by Crippen LogP contribution is -2.36. The highest BCUT2D eigenvalue weighted by molar-refractivity contribution is 7.89. The number of aromatic nitrogens is 1. The fraction of sp³-hybridized carbons (Fsp3) is 0.500. The van der Waals surface area contributed by atoms with Crippen LogP contribution in [-0.4, -0.2) is 31.7 Å². The molecule has 0 atom stereocenters. The number of halogens is 1. The summed E-state index contributed by atoms with van der Waals surface area (Å²) in [5.74, 6) is 0. The van der Waals surface area contributed by atoms with E-state index in [0.717, 1.165) is 0 Å². The van der Waals surface area contributed by atoms with E-state index in [2.05, 4.69) is 9.71 Å². The zero-order valence-corrected chi connectivity index (χ0v) is 11.2. The van der Waals surface area contributed by atoms with Gasteiger partial charge in [-0.05, 0) is 12.1 Å². The van der Waals surface area contributed by atoms with Crippen LogP contribution in [0.15, 0.2) is 23.2 Å². The predicted octanol–water partition coefficient (Wildman–Crippen LogP) is 1.03. The average Bonchev–Trinajstić information content (AvgIpc) is 2.27. The van der Waals surface area contributed by atoms with E-state index in [1.54, 1.807) is 13.8 Å². The molecule has 0 spiro atoms. The van der Waals surface area contributed by atoms with E-state index >= 15 is 0 Å². The average molecular weight is 279 g/mol. The highest BCUT2D eigenvalue weighted by Gasteiger charge is 2.23. The van der Waals surface area contributed by atoms with Gasteiger partial charge in [0.2, 0.25) is 10.0 Å². The molecule has 0 radical (unpaired) electrons. The van der Waals surface area contributed by atoms with E-state index in [0.29, 0.717) is 0 Å². The fourth-order valence-corrected chi connectivity index (χ4v) is 2.69. The zero-order valence-electron chi connectivity index (χ0n) is 9.64. The van der Waals surface area contributed by atoms with Crippen molar-refractivity contribution < 1.29 is 13.5 Å². The van der Waals surface area contributed by atoms with Crippen LogP contribution in [0.1, 0.15) is 13.8 Å². The monoisotopic (exact) mass is 278 g/mol. The Morgan fingerprint density at radius 2 is 2.18 bits per heavy atom. The van der Waals surface area contributed by atoms with Gasteiger partial charge in [0, 0.05) is 24.8 Å². The van der Waals surface area contributed by atoms with Gasteiger partial charge in [-0.25, -0.2) is 18.1 Å². The van der Waals surface area contributed by atoms with Crippen molar-refractivity contribution in [2.45, 2.75) is 18.7 Å². The molecule has 0 aliphatic heterocycles. The Kier molecular flexibility index (Phi) is 4.48. The molecule has 2 N–H and O–H groups in total. The number of rotatable bonds is 5. The quantitative estimate of drug-likeness (QED) is 0.789. The summed E-state index contributed by atoms with van der Waals surface area (Å²) in [6.07, 6.45) is 1.42. The van der Waals surface area contributed by atoms with Crippen LogP contribution >= 0.6 is 11.6 Å². The number of pyridine rings is 1. The zero-order chi connectivity index (χ0) is 13.1. The van der Waals surface area contributed by atoms with Crippen molar-refractivity contribution >= 4 is 21.6 Å². The van der Waals surface area contributed by atoms with Gasteiger partial charge in [0.25, 0.3) is 0 Å². The maximum atomic E-state index is 11.9. The van der Waals surface area contributed by atoms with Crippen LogP contribution in [0.5, 0.6) is 0 Å². The predicted molar refractivity (Wildman–Crippen MR) is 65.3 cm³/mol. The smallest absolute Gasteiger partial charge is 0.243 e. The summed E-state index contributed by atoms with van der Waals surface area (Å²) >= 11 is 5.71. The Bertz CT molecular complexity index is 488. The van der Waals surface area contributed by atoms with Crippen LogP contribution in [0, 0.1) is 5.41 Å². The third-order valence-corrected chi connectivity index (χ3v) is 4.03. The molecule has 0 aliphatic rings. The summed E-state index contributed by atoms with van der Waals surface area (Å²) < 4.78 is 26.2. The molecule has 0 saturated heterocycles. The van der Waals surface area contributed by atoms with Gasteiger partial charge in [0.05, 0.1) is 0 Å². The summed E-state index contributed by atoms with van der Waals surface area (Å²) in [6.45, 7) is 3.51. The molecule has 0 amide bonds. The highest BCUT2D eigenvalue weighted by Crippen LogP contribution is 2.19. The molecule has 1 rings (SSSR count). The van der Waals surface area contributed by atoms with Gasteiger partial charge in [-0.3, -0.25) is 0 Å². The lowest BCUT2D eigenvalue weighted by molar-refractivity contribution is 0.163. The number of aliphatic hydroxyl groups is 1. The molecule has 0 unspecified atom stereocenters. The second kappa shape index (κ2) is 5.30. The summed E-state index contributed by atoms with van der Waals surface area (Å²) in [5.41, 5.74) is -0.526. The first-order chi connectivity index (χ1) is 7.78. The summed E-state index contributed by atoms with van der Waals surface area (Å²) in [5, 5.41) is 8.98. The minimum atomic E-state index is -3.69. The molecule has 0 saturated carbocycles. The molecule has 0 fully saturated rings. The third-order valence-electron chi connectivity index (χ3n) is 2.18. The van der Waals surface area contributed by atoms with Gasteiger partial charge in [-0.15, -0.1) is 0 Å². The minimum Gasteiger partial charge on any atom is -0.396 e. The van der Waals surface area contributed by atoms with Gasteiger partial charge in [-0.1, -0.05) is 25.4 Å². The normalized spacial score (nSPS) is 12.7. The van der Waals surface area contributed by atoms with Gasteiger partial charge in [-0.2, -0.15) is 0 Å². The van der Waals surface area contributed by atoms with Crippen molar-refractivity contribution in [1.29, 1.82) is 0 Å². The van der Waals surface area contributed by atoms with Gasteiger partial charge in [0.15, 0.2) is 0 Å². The van der Waals surface area contributed by atoms with Gasteiger partial charge >= 0.3 is 0 Å². The second-order valence-corrected chi connectivity index (χ2v) is 6.53. The van der Waals surface area contributed by atoms with Crippen LogP contribution in [0.3, 0.4) is 0 Å². The van der Waals surface area contributed by atoms with Crippen molar-refractivity contribution in [1.82, 2.24) is 9.71 Å². The van der Waals surface area contributed by atoms with E-state index in [-0.39, 0.29) is 23.2 Å². The molecule has 5 nitrogen and oxygen atoms in total. The molecule has 1 aromatic rings. The minimum absolute atomic E-state index is 0.0598. The molecular formula is C10H15ClN2O3S. The van der Waals surface area contributed by atoms with Crippen molar-refractivity contribution in [3.63, 3.8) is 0 Å². The molecule has 0 aromatic carbocycles. The lowest BCUT2D eigenvalue weighted by Gasteiger charge is -2.21. The number of hydrogen-bond acceptors (Lipinski definition) is 4. The molecule has 1 heterocycles. The molecule has 7 heteroatoms. The van der Waals surface area contributed by atoms with E-state index in [4.69, 9.17) is 16.7 Å². The number of nitrogens with zero attached hydrogens (tertiary/aromatic N) is 1. The van der Waals surface area contributed by atoms with Crippen LogP contribution in [0.25, 0.3) is 0 Å². The Balaban J connectivity index is 2.88. The number of aliphatic hydroxyl groups excluding tert-OH is 1. The standard InChI is InChI=1S/C10H15ClN2O3S/c1-10(2,7-14)6-13-17(15,16)8-4-3-5-12-9(8)11/h3-5,13-14H,6-7H2,1-2H3. The summed E-state index contributed by atoms with van der Waals surface area (Å²) in [6, 6.07) is 2.88. The Hall–Kier alpha value is -0.690. The van der Waals surface area contributed by atoms with E-state index in [9.17, 15) is 8.42 Å². The van der Waals surface area contributed by atoms with Gasteiger partial charge in [0.1, 0.15) is 10.0 Å². The van der Waals surface area contributed by atoms with Crippen molar-refractivity contribution in [2.24, 2.45) is 5.41 Å². The fourth-order valence-electron chi connectivity index (χ4n) is 0.996. The van der Waals surface area contributed by atoms with Crippen LogP contribution in [-0.2, 0) is 10.0 Å². The van der Waals surface area contributed by atoms with Crippen LogP contribution in [0.4, 0.5) is 0 Å². The second-order valence-electron chi connectivity index (χ2n) is 4.44. The number of sulfonamides is 1. The lowest BCUT2D eigenvalue weighted by atomic mass is 9.96. The first kappa shape index (κ1) is 14.4. The Labute approximate surface area is 106 Å². The molecule has 17 heavy (non-hydrogen) atoms. The molecule has 0 bridgehead atoms. The molecule has 96 valence electrons. The van der Waals surface area contributed by atoms with Crippen molar-refractivity contribution in [3.8, 4) is 0 Å². The summed E-state index contributed by atoms with van der Waals surface area (Å²) in [7, 11) is -3.69. The number of nitrogens with one attached hydrogen (secondary N) is 1. The first-order valence-electron chi connectivity index (χ1n) is 4.99. The summed E-state index contributed by atoms with van der Waals surface area (Å²) in [4.78, 5) is 3.65. The van der Waals surface area contributed by atoms with E-state index in [1.165, 1.54) is 18.3 Å². The van der Waals surface area contributed by atoms with Crippen molar-refractivity contribution in [3.05, 3.63) is 23.5 Å². The third kappa shape index (κ3) is 3.92. The first-order valence-corrected chi connectivity index (χ1v) is 6.86. The van der Waals surface area contributed by atoms with E-state index < -0.39 is 15.4 Å². The van der Waals surface area contributed by atoms with Gasteiger partial charge < -0.3 is 5.11 Å². The highest BCUT2D eigenvalue weighted by atomic mass is 35.5. The Morgan fingerprint density at radius 1 is 1.53 bits per heavy atom. The maximum absolute atomic E-state index is 11.9. The number of hydrogen-bond donors (Lipinski definition) is 2.